The molecule has 3 aliphatic rings. The highest BCUT2D eigenvalue weighted by atomic mass is 32.2. The third kappa shape index (κ3) is 4.58. The Balaban J connectivity index is 1.40. The minimum absolute atomic E-state index is 0.0573. The van der Waals surface area contributed by atoms with Gasteiger partial charge in [-0.2, -0.15) is 0 Å². The molecule has 2 heterocycles. The predicted octanol–water partition coefficient (Wildman–Crippen LogP) is 3.66. The Kier molecular flexibility index (Phi) is 5.70. The number of nitrogens with one attached hydrogen (secondary N) is 2. The number of fused-ring (bicyclic) bond motifs is 1. The Bertz CT molecular complexity index is 866. The van der Waals surface area contributed by atoms with Crippen LogP contribution in [0.25, 0.3) is 0 Å². The summed E-state index contributed by atoms with van der Waals surface area (Å²) in [4.78, 5) is 26.2. The number of thioether (sulfide) groups is 1. The van der Waals surface area contributed by atoms with Crippen molar-refractivity contribution in [1.82, 2.24) is 10.2 Å². The number of likely N-dealkylation sites (tertiary alicyclic amines) is 1. The molecule has 8 heteroatoms. The SMILES string of the molecule is CC(C)(C)OC(=O)N1CCCC(Oc2ccc3c(c2)CC[C@H]3C2SC(=N)NC2=O)C1. The second-order valence-corrected chi connectivity index (χ2v) is 10.3. The van der Waals surface area contributed by atoms with Gasteiger partial charge in [0, 0.05) is 12.5 Å². The molecule has 4 rings (SSSR count). The van der Waals surface area contributed by atoms with Gasteiger partial charge in [-0.15, -0.1) is 0 Å². The molecule has 0 aromatic heterocycles. The number of piperidine rings is 1. The summed E-state index contributed by atoms with van der Waals surface area (Å²) in [6.45, 7) is 6.83. The number of carbonyl (C=O) groups is 2. The van der Waals surface area contributed by atoms with Gasteiger partial charge in [0.05, 0.1) is 11.8 Å². The number of nitrogens with zero attached hydrogens (tertiary/aromatic N) is 1. The lowest BCUT2D eigenvalue weighted by Gasteiger charge is -2.34. The van der Waals surface area contributed by atoms with E-state index in [2.05, 4.69) is 17.4 Å². The first-order valence-electron chi connectivity index (χ1n) is 10.5. The van der Waals surface area contributed by atoms with Crippen molar-refractivity contribution in [3.05, 3.63) is 29.3 Å². The van der Waals surface area contributed by atoms with Crippen molar-refractivity contribution < 1.29 is 19.1 Å². The van der Waals surface area contributed by atoms with Crippen LogP contribution in [0.15, 0.2) is 18.2 Å². The van der Waals surface area contributed by atoms with Crippen molar-refractivity contribution in [2.24, 2.45) is 0 Å². The molecular formula is C22H29N3O4S. The van der Waals surface area contributed by atoms with Crippen molar-refractivity contribution in [2.45, 2.75) is 69.3 Å². The number of hydrogen-bond acceptors (Lipinski definition) is 6. The molecule has 0 spiro atoms. The van der Waals surface area contributed by atoms with Crippen molar-refractivity contribution >= 4 is 28.9 Å². The number of rotatable bonds is 3. The number of benzene rings is 1. The topological polar surface area (TPSA) is 91.7 Å². The molecule has 1 aromatic rings. The normalized spacial score (nSPS) is 26.4. The van der Waals surface area contributed by atoms with E-state index in [1.54, 1.807) is 4.90 Å². The summed E-state index contributed by atoms with van der Waals surface area (Å²) in [6.07, 6.45) is 3.26. The molecule has 2 saturated heterocycles. The van der Waals surface area contributed by atoms with Gasteiger partial charge >= 0.3 is 6.09 Å². The second-order valence-electron chi connectivity index (χ2n) is 9.17. The van der Waals surface area contributed by atoms with Crippen LogP contribution in [0.4, 0.5) is 4.79 Å². The maximum atomic E-state index is 12.4. The summed E-state index contributed by atoms with van der Waals surface area (Å²) < 4.78 is 11.7. The average molecular weight is 432 g/mol. The fourth-order valence-electron chi connectivity index (χ4n) is 4.39. The second kappa shape index (κ2) is 8.13. The Morgan fingerprint density at radius 2 is 2.10 bits per heavy atom. The number of amidine groups is 1. The van der Waals surface area contributed by atoms with Crippen molar-refractivity contribution in [3.8, 4) is 5.75 Å². The number of hydrogen-bond donors (Lipinski definition) is 2. The van der Waals surface area contributed by atoms with Gasteiger partial charge in [0.2, 0.25) is 5.91 Å². The molecule has 0 radical (unpaired) electrons. The van der Waals surface area contributed by atoms with E-state index in [0.717, 1.165) is 31.4 Å². The molecule has 30 heavy (non-hydrogen) atoms. The molecule has 2 unspecified atom stereocenters. The lowest BCUT2D eigenvalue weighted by Crippen LogP contribution is -2.46. The molecule has 3 atom stereocenters. The average Bonchev–Trinajstić information content (AvgIpc) is 3.22. The summed E-state index contributed by atoms with van der Waals surface area (Å²) in [5.74, 6) is 0.883. The monoisotopic (exact) mass is 431 g/mol. The van der Waals surface area contributed by atoms with Gasteiger partial charge < -0.3 is 19.7 Å². The van der Waals surface area contributed by atoms with E-state index < -0.39 is 5.60 Å². The maximum absolute atomic E-state index is 12.4. The predicted molar refractivity (Wildman–Crippen MR) is 116 cm³/mol. The zero-order chi connectivity index (χ0) is 21.5. The van der Waals surface area contributed by atoms with E-state index in [0.29, 0.717) is 13.1 Å². The zero-order valence-electron chi connectivity index (χ0n) is 17.7. The largest absolute Gasteiger partial charge is 0.489 e. The van der Waals surface area contributed by atoms with Gasteiger partial charge in [0.1, 0.15) is 17.5 Å². The van der Waals surface area contributed by atoms with Crippen molar-refractivity contribution in [3.63, 3.8) is 0 Å². The third-order valence-corrected chi connectivity index (χ3v) is 6.81. The first-order valence-corrected chi connectivity index (χ1v) is 11.4. The van der Waals surface area contributed by atoms with Crippen molar-refractivity contribution in [1.29, 1.82) is 5.41 Å². The molecule has 1 aromatic carbocycles. The Labute approximate surface area is 181 Å². The smallest absolute Gasteiger partial charge is 0.410 e. The zero-order valence-corrected chi connectivity index (χ0v) is 18.5. The highest BCUT2D eigenvalue weighted by Gasteiger charge is 2.40. The maximum Gasteiger partial charge on any atom is 0.410 e. The minimum atomic E-state index is -0.506. The first-order chi connectivity index (χ1) is 14.2. The van der Waals surface area contributed by atoms with Crippen LogP contribution in [0.3, 0.4) is 0 Å². The molecular weight excluding hydrogens is 402 g/mol. The molecule has 1 aliphatic carbocycles. The fraction of sp³-hybridized carbons (Fsp3) is 0.591. The minimum Gasteiger partial charge on any atom is -0.489 e. The standard InChI is InChI=1S/C22H29N3O4S/c1-22(2,3)29-21(27)25-10-4-5-15(12-25)28-14-7-9-16-13(11-14)6-8-17(16)18-19(26)24-20(23)30-18/h7,9,11,15,17-18H,4-6,8,10,12H2,1-3H3,(H2,23,24,26)/t15?,17-,18?/m1/s1. The Hall–Kier alpha value is -2.22. The molecule has 162 valence electrons. The van der Waals surface area contributed by atoms with Crippen LogP contribution in [0.5, 0.6) is 5.75 Å². The van der Waals surface area contributed by atoms with E-state index in [1.165, 1.54) is 22.9 Å². The van der Waals surface area contributed by atoms with Crippen LogP contribution < -0.4 is 10.1 Å². The summed E-state index contributed by atoms with van der Waals surface area (Å²) >= 11 is 1.32. The third-order valence-electron chi connectivity index (χ3n) is 5.68. The number of amides is 2. The van der Waals surface area contributed by atoms with E-state index in [4.69, 9.17) is 14.9 Å². The van der Waals surface area contributed by atoms with Crippen LogP contribution in [-0.2, 0) is 16.0 Å². The van der Waals surface area contributed by atoms with Gasteiger partial charge in [-0.05, 0) is 69.7 Å². The highest BCUT2D eigenvalue weighted by Crippen LogP contribution is 2.43. The van der Waals surface area contributed by atoms with E-state index in [-0.39, 0.29) is 34.4 Å². The van der Waals surface area contributed by atoms with Gasteiger partial charge in [0.15, 0.2) is 5.17 Å². The molecule has 7 nitrogen and oxygen atoms in total. The van der Waals surface area contributed by atoms with Crippen LogP contribution in [0.2, 0.25) is 0 Å². The molecule has 2 N–H and O–H groups in total. The lowest BCUT2D eigenvalue weighted by atomic mass is 9.97. The Morgan fingerprint density at radius 1 is 1.30 bits per heavy atom. The molecule has 0 bridgehead atoms. The van der Waals surface area contributed by atoms with Crippen LogP contribution >= 0.6 is 11.8 Å². The van der Waals surface area contributed by atoms with Gasteiger partial charge in [-0.25, -0.2) is 4.79 Å². The number of ether oxygens (including phenoxy) is 2. The van der Waals surface area contributed by atoms with E-state index in [1.807, 2.05) is 26.8 Å². The quantitative estimate of drug-likeness (QED) is 0.762. The van der Waals surface area contributed by atoms with Crippen LogP contribution in [0, 0.1) is 5.41 Å². The molecule has 0 saturated carbocycles. The van der Waals surface area contributed by atoms with E-state index in [9.17, 15) is 9.59 Å². The van der Waals surface area contributed by atoms with Gasteiger partial charge in [-0.3, -0.25) is 10.2 Å². The van der Waals surface area contributed by atoms with Crippen LogP contribution in [-0.4, -0.2) is 52.1 Å². The highest BCUT2D eigenvalue weighted by molar-refractivity contribution is 8.15. The van der Waals surface area contributed by atoms with Gasteiger partial charge in [0.25, 0.3) is 0 Å². The Morgan fingerprint density at radius 3 is 2.80 bits per heavy atom. The van der Waals surface area contributed by atoms with E-state index >= 15 is 0 Å². The lowest BCUT2D eigenvalue weighted by molar-refractivity contribution is -0.119. The number of carbonyl (C=O) groups excluding carboxylic acids is 2. The first kappa shape index (κ1) is 21.0. The summed E-state index contributed by atoms with van der Waals surface area (Å²) in [5, 5.41) is 10.3. The molecule has 2 amide bonds. The summed E-state index contributed by atoms with van der Waals surface area (Å²) in [7, 11) is 0. The molecule has 2 aliphatic heterocycles. The summed E-state index contributed by atoms with van der Waals surface area (Å²) in [5.41, 5.74) is 1.89. The number of aryl methyl sites for hydroxylation is 1. The van der Waals surface area contributed by atoms with Crippen molar-refractivity contribution in [2.75, 3.05) is 13.1 Å². The summed E-state index contributed by atoms with van der Waals surface area (Å²) in [6, 6.07) is 6.10. The fourth-order valence-corrected chi connectivity index (χ4v) is 5.42. The molecule has 2 fully saturated rings. The van der Waals surface area contributed by atoms with Gasteiger partial charge in [-0.1, -0.05) is 17.8 Å². The van der Waals surface area contributed by atoms with Crippen LogP contribution in [0.1, 0.15) is 57.1 Å².